The van der Waals surface area contributed by atoms with Crippen LogP contribution >= 0.6 is 27.7 Å². The first kappa shape index (κ1) is 17.4. The van der Waals surface area contributed by atoms with E-state index in [4.69, 9.17) is 0 Å². The zero-order chi connectivity index (χ0) is 18.0. The lowest BCUT2D eigenvalue weighted by molar-refractivity contribution is -0.122. The number of nitrogens with one attached hydrogen (secondary N) is 1. The molecule has 0 aromatic heterocycles. The maximum Gasteiger partial charge on any atom is 0.335 e. The van der Waals surface area contributed by atoms with Gasteiger partial charge in [-0.05, 0) is 54.3 Å². The van der Waals surface area contributed by atoms with Crippen LogP contribution < -0.4 is 10.2 Å². The van der Waals surface area contributed by atoms with E-state index in [0.717, 1.165) is 14.3 Å². The molecule has 1 aliphatic rings. The summed E-state index contributed by atoms with van der Waals surface area (Å²) in [6.45, 7) is 0. The molecule has 7 heteroatoms. The van der Waals surface area contributed by atoms with Gasteiger partial charge in [0.05, 0.1) is 5.69 Å². The highest BCUT2D eigenvalue weighted by Gasteiger charge is 2.36. The van der Waals surface area contributed by atoms with E-state index in [2.05, 4.69) is 21.2 Å². The fourth-order valence-electron chi connectivity index (χ4n) is 2.35. The predicted molar refractivity (Wildman–Crippen MR) is 101 cm³/mol. The average molecular weight is 417 g/mol. The third kappa shape index (κ3) is 3.67. The Hall–Kier alpha value is -2.38. The van der Waals surface area contributed by atoms with E-state index in [9.17, 15) is 14.4 Å². The molecular formula is C18H13BrN2O3S. The van der Waals surface area contributed by atoms with Crippen LogP contribution in [0.3, 0.4) is 0 Å². The second kappa shape index (κ2) is 7.25. The number of barbiturate groups is 1. The first-order chi connectivity index (χ1) is 12.0. The number of benzene rings is 2. The topological polar surface area (TPSA) is 66.5 Å². The quantitative estimate of drug-likeness (QED) is 0.468. The number of thioether (sulfide) groups is 1. The van der Waals surface area contributed by atoms with Crippen LogP contribution in [0.2, 0.25) is 0 Å². The fourth-order valence-corrected chi connectivity index (χ4v) is 3.02. The van der Waals surface area contributed by atoms with Crippen molar-refractivity contribution in [1.29, 1.82) is 0 Å². The van der Waals surface area contributed by atoms with Gasteiger partial charge in [0.15, 0.2) is 0 Å². The van der Waals surface area contributed by atoms with Crippen LogP contribution in [0, 0.1) is 0 Å². The number of carbonyl (C=O) groups excluding carboxylic acids is 3. The molecule has 1 N–H and O–H groups in total. The number of hydrogen-bond donors (Lipinski definition) is 1. The number of halogens is 1. The molecule has 0 radical (unpaired) electrons. The van der Waals surface area contributed by atoms with Crippen molar-refractivity contribution in [2.45, 2.75) is 4.90 Å². The molecule has 0 atom stereocenters. The van der Waals surface area contributed by atoms with Gasteiger partial charge < -0.3 is 0 Å². The van der Waals surface area contributed by atoms with Crippen molar-refractivity contribution >= 4 is 57.3 Å². The summed E-state index contributed by atoms with van der Waals surface area (Å²) in [6.07, 6.45) is 3.45. The zero-order valence-electron chi connectivity index (χ0n) is 13.2. The van der Waals surface area contributed by atoms with Crippen molar-refractivity contribution < 1.29 is 14.4 Å². The van der Waals surface area contributed by atoms with Crippen LogP contribution in [0.15, 0.2) is 63.5 Å². The van der Waals surface area contributed by atoms with Gasteiger partial charge in [-0.15, -0.1) is 11.8 Å². The Kier molecular flexibility index (Phi) is 5.06. The number of imide groups is 2. The molecule has 0 aliphatic carbocycles. The van der Waals surface area contributed by atoms with E-state index in [1.807, 2.05) is 30.5 Å². The third-order valence-corrected chi connectivity index (χ3v) is 4.89. The monoisotopic (exact) mass is 416 g/mol. The summed E-state index contributed by atoms with van der Waals surface area (Å²) in [5, 5.41) is 2.21. The number of amides is 4. The summed E-state index contributed by atoms with van der Waals surface area (Å²) in [5.41, 5.74) is 1.02. The predicted octanol–water partition coefficient (Wildman–Crippen LogP) is 3.84. The van der Waals surface area contributed by atoms with Gasteiger partial charge >= 0.3 is 6.03 Å². The smallest absolute Gasteiger partial charge is 0.273 e. The molecule has 1 heterocycles. The molecule has 1 saturated heterocycles. The van der Waals surface area contributed by atoms with Gasteiger partial charge in [-0.3, -0.25) is 14.9 Å². The fraction of sp³-hybridized carbons (Fsp3) is 0.0556. The summed E-state index contributed by atoms with van der Waals surface area (Å²) < 4.78 is 0.821. The van der Waals surface area contributed by atoms with E-state index < -0.39 is 17.8 Å². The van der Waals surface area contributed by atoms with E-state index >= 15 is 0 Å². The molecule has 1 aliphatic heterocycles. The SMILES string of the molecule is CSc1ccc(C=C2C(=O)NC(=O)N(c3ccc(Br)cc3)C2=O)cc1. The van der Waals surface area contributed by atoms with Crippen molar-refractivity contribution in [3.05, 3.63) is 64.1 Å². The Morgan fingerprint density at radius 2 is 1.64 bits per heavy atom. The molecule has 126 valence electrons. The van der Waals surface area contributed by atoms with Crippen LogP contribution in [-0.2, 0) is 9.59 Å². The Labute approximate surface area is 157 Å². The van der Waals surface area contributed by atoms with Crippen molar-refractivity contribution in [2.75, 3.05) is 11.2 Å². The van der Waals surface area contributed by atoms with Gasteiger partial charge in [0.25, 0.3) is 11.8 Å². The lowest BCUT2D eigenvalue weighted by Crippen LogP contribution is -2.54. The first-order valence-electron chi connectivity index (χ1n) is 7.30. The minimum Gasteiger partial charge on any atom is -0.273 e. The normalized spacial score (nSPS) is 16.3. The second-order valence-corrected chi connectivity index (χ2v) is 7.00. The van der Waals surface area contributed by atoms with E-state index in [1.165, 1.54) is 6.08 Å². The van der Waals surface area contributed by atoms with Gasteiger partial charge in [0.2, 0.25) is 0 Å². The summed E-state index contributed by atoms with van der Waals surface area (Å²) in [5.74, 6) is -1.35. The zero-order valence-corrected chi connectivity index (χ0v) is 15.6. The van der Waals surface area contributed by atoms with Crippen LogP contribution in [0.4, 0.5) is 10.5 Å². The summed E-state index contributed by atoms with van der Waals surface area (Å²) >= 11 is 4.91. The Bertz CT molecular complexity index is 876. The lowest BCUT2D eigenvalue weighted by Gasteiger charge is -2.26. The molecular weight excluding hydrogens is 404 g/mol. The highest BCUT2D eigenvalue weighted by atomic mass is 79.9. The lowest BCUT2D eigenvalue weighted by atomic mass is 10.1. The molecule has 5 nitrogen and oxygen atoms in total. The Morgan fingerprint density at radius 1 is 1.00 bits per heavy atom. The van der Waals surface area contributed by atoms with Crippen molar-refractivity contribution in [1.82, 2.24) is 5.32 Å². The first-order valence-corrected chi connectivity index (χ1v) is 9.32. The minimum atomic E-state index is -0.757. The maximum atomic E-state index is 12.7. The highest BCUT2D eigenvalue weighted by molar-refractivity contribution is 9.10. The van der Waals surface area contributed by atoms with Gasteiger partial charge in [-0.1, -0.05) is 28.1 Å². The third-order valence-electron chi connectivity index (χ3n) is 3.61. The number of hydrogen-bond acceptors (Lipinski definition) is 4. The van der Waals surface area contributed by atoms with E-state index in [0.29, 0.717) is 11.3 Å². The molecule has 0 bridgehead atoms. The molecule has 0 unspecified atom stereocenters. The summed E-state index contributed by atoms with van der Waals surface area (Å²) in [6, 6.07) is 13.4. The molecule has 3 rings (SSSR count). The number of urea groups is 1. The molecule has 25 heavy (non-hydrogen) atoms. The number of nitrogens with zero attached hydrogens (tertiary/aromatic N) is 1. The largest absolute Gasteiger partial charge is 0.335 e. The van der Waals surface area contributed by atoms with Gasteiger partial charge in [0.1, 0.15) is 5.57 Å². The van der Waals surface area contributed by atoms with Crippen LogP contribution in [0.1, 0.15) is 5.56 Å². The van der Waals surface area contributed by atoms with Crippen molar-refractivity contribution in [3.8, 4) is 0 Å². The molecule has 0 spiro atoms. The molecule has 4 amide bonds. The average Bonchev–Trinajstić information content (AvgIpc) is 2.60. The number of anilines is 1. The summed E-state index contributed by atoms with van der Waals surface area (Å²) in [7, 11) is 0. The van der Waals surface area contributed by atoms with Crippen molar-refractivity contribution in [3.63, 3.8) is 0 Å². The van der Waals surface area contributed by atoms with Crippen LogP contribution in [0.25, 0.3) is 6.08 Å². The number of rotatable bonds is 3. The minimum absolute atomic E-state index is 0.0839. The molecule has 2 aromatic rings. The molecule has 0 saturated carbocycles. The maximum absolute atomic E-state index is 12.7. The van der Waals surface area contributed by atoms with Crippen molar-refractivity contribution in [2.24, 2.45) is 0 Å². The van der Waals surface area contributed by atoms with E-state index in [1.54, 1.807) is 36.0 Å². The van der Waals surface area contributed by atoms with Crippen LogP contribution in [-0.4, -0.2) is 24.1 Å². The number of carbonyl (C=O) groups is 3. The van der Waals surface area contributed by atoms with Gasteiger partial charge in [0, 0.05) is 9.37 Å². The highest BCUT2D eigenvalue weighted by Crippen LogP contribution is 2.24. The van der Waals surface area contributed by atoms with Crippen LogP contribution in [0.5, 0.6) is 0 Å². The standard InChI is InChI=1S/C18H13BrN2O3S/c1-25-14-8-2-11(3-9-14)10-15-16(22)20-18(24)21(17(15)23)13-6-4-12(19)5-7-13/h2-10H,1H3,(H,20,22,24). The van der Waals surface area contributed by atoms with E-state index in [-0.39, 0.29) is 5.57 Å². The summed E-state index contributed by atoms with van der Waals surface area (Å²) in [4.78, 5) is 39.0. The molecule has 2 aromatic carbocycles. The molecule has 1 fully saturated rings. The van der Waals surface area contributed by atoms with Gasteiger partial charge in [-0.2, -0.15) is 0 Å². The Morgan fingerprint density at radius 3 is 2.24 bits per heavy atom. The van der Waals surface area contributed by atoms with Gasteiger partial charge in [-0.25, -0.2) is 9.69 Å². The Balaban J connectivity index is 1.97. The second-order valence-electron chi connectivity index (χ2n) is 5.21.